The Morgan fingerprint density at radius 1 is 1.10 bits per heavy atom. The van der Waals surface area contributed by atoms with Crippen molar-refractivity contribution in [1.82, 2.24) is 0 Å². The second-order valence-electron chi connectivity index (χ2n) is 6.69. The molecule has 0 saturated heterocycles. The summed E-state index contributed by atoms with van der Waals surface area (Å²) < 4.78 is 36.0. The molecular formula is C21H26N2O6S. The number of amides is 1. The minimum absolute atomic E-state index is 0.237. The molecule has 9 heteroatoms. The van der Waals surface area contributed by atoms with Gasteiger partial charge in [-0.1, -0.05) is 13.0 Å². The monoisotopic (exact) mass is 434 g/mol. The molecule has 1 atom stereocenters. The lowest BCUT2D eigenvalue weighted by atomic mass is 10.1. The summed E-state index contributed by atoms with van der Waals surface area (Å²) in [6.45, 7) is 3.50. The van der Waals surface area contributed by atoms with Crippen LogP contribution in [-0.4, -0.2) is 46.8 Å². The van der Waals surface area contributed by atoms with E-state index in [1.165, 1.54) is 20.3 Å². The maximum absolute atomic E-state index is 13.1. The van der Waals surface area contributed by atoms with Gasteiger partial charge in [0.05, 0.1) is 31.7 Å². The fourth-order valence-electron chi connectivity index (χ4n) is 3.01. The third kappa shape index (κ3) is 5.29. The number of rotatable bonds is 8. The molecule has 0 aliphatic heterocycles. The van der Waals surface area contributed by atoms with Crippen LogP contribution in [0.3, 0.4) is 0 Å². The number of sulfonamides is 1. The van der Waals surface area contributed by atoms with Gasteiger partial charge in [-0.2, -0.15) is 0 Å². The molecule has 1 N–H and O–H groups in total. The molecule has 0 heterocycles. The van der Waals surface area contributed by atoms with Gasteiger partial charge in [0.25, 0.3) is 0 Å². The molecule has 1 amide bonds. The molecule has 0 spiro atoms. The van der Waals surface area contributed by atoms with Crippen molar-refractivity contribution < 1.29 is 27.5 Å². The van der Waals surface area contributed by atoms with Crippen molar-refractivity contribution in [2.24, 2.45) is 0 Å². The zero-order valence-corrected chi connectivity index (χ0v) is 18.4. The van der Waals surface area contributed by atoms with E-state index in [0.717, 1.165) is 16.1 Å². The first-order valence-electron chi connectivity index (χ1n) is 9.25. The van der Waals surface area contributed by atoms with E-state index < -0.39 is 27.9 Å². The van der Waals surface area contributed by atoms with Crippen molar-refractivity contribution in [1.29, 1.82) is 0 Å². The number of benzene rings is 2. The lowest BCUT2D eigenvalue weighted by Crippen LogP contribution is -2.47. The zero-order valence-electron chi connectivity index (χ0n) is 17.6. The van der Waals surface area contributed by atoms with Crippen LogP contribution in [0.25, 0.3) is 0 Å². The molecule has 0 aliphatic rings. The van der Waals surface area contributed by atoms with E-state index >= 15 is 0 Å². The molecule has 0 aromatic heterocycles. The number of esters is 1. The van der Waals surface area contributed by atoms with E-state index in [2.05, 4.69) is 5.32 Å². The van der Waals surface area contributed by atoms with Crippen molar-refractivity contribution in [3.8, 4) is 5.75 Å². The van der Waals surface area contributed by atoms with Crippen molar-refractivity contribution in [2.75, 3.05) is 30.1 Å². The standard InChI is InChI=1S/C21H26N2O6S/c1-6-19(23(30(5,26)27)16-9-11-17(28-3)12-10-16)20(24)22-18-13-15(21(25)29-4)8-7-14(18)2/h7-13,19H,6H2,1-5H3,(H,22,24). The van der Waals surface area contributed by atoms with Gasteiger partial charge in [-0.3, -0.25) is 9.10 Å². The summed E-state index contributed by atoms with van der Waals surface area (Å²) in [5.41, 5.74) is 1.76. The number of aryl methyl sites for hydroxylation is 1. The fourth-order valence-corrected chi connectivity index (χ4v) is 4.22. The highest BCUT2D eigenvalue weighted by Crippen LogP contribution is 2.26. The fraction of sp³-hybridized carbons (Fsp3) is 0.333. The number of carbonyl (C=O) groups excluding carboxylic acids is 2. The van der Waals surface area contributed by atoms with Crippen molar-refractivity contribution in [2.45, 2.75) is 26.3 Å². The summed E-state index contributed by atoms with van der Waals surface area (Å²) in [5, 5.41) is 2.75. The summed E-state index contributed by atoms with van der Waals surface area (Å²) in [6.07, 6.45) is 1.29. The molecule has 0 aliphatic carbocycles. The Morgan fingerprint density at radius 3 is 2.23 bits per heavy atom. The molecule has 0 radical (unpaired) electrons. The molecule has 2 aromatic rings. The molecular weight excluding hydrogens is 408 g/mol. The third-order valence-electron chi connectivity index (χ3n) is 4.57. The van der Waals surface area contributed by atoms with Gasteiger partial charge in [-0.25, -0.2) is 13.2 Å². The smallest absolute Gasteiger partial charge is 0.337 e. The molecule has 8 nitrogen and oxygen atoms in total. The van der Waals surface area contributed by atoms with Gasteiger partial charge in [0.15, 0.2) is 0 Å². The maximum atomic E-state index is 13.1. The molecule has 2 rings (SSSR count). The molecule has 0 fully saturated rings. The molecule has 0 saturated carbocycles. The van der Waals surface area contributed by atoms with Crippen LogP contribution in [0.1, 0.15) is 29.3 Å². The van der Waals surface area contributed by atoms with Crippen LogP contribution in [-0.2, 0) is 19.6 Å². The Kier molecular flexibility index (Phi) is 7.44. The van der Waals surface area contributed by atoms with Gasteiger partial charge < -0.3 is 14.8 Å². The van der Waals surface area contributed by atoms with E-state index in [1.807, 2.05) is 0 Å². The number of nitrogens with zero attached hydrogens (tertiary/aromatic N) is 1. The molecule has 162 valence electrons. The Labute approximate surface area is 176 Å². The van der Waals surface area contributed by atoms with Crippen LogP contribution in [0.5, 0.6) is 5.75 Å². The van der Waals surface area contributed by atoms with Gasteiger partial charge in [0.1, 0.15) is 11.8 Å². The predicted octanol–water partition coefficient (Wildman–Crippen LogP) is 2.97. The van der Waals surface area contributed by atoms with Crippen molar-refractivity contribution in [3.63, 3.8) is 0 Å². The Hall–Kier alpha value is -3.07. The predicted molar refractivity (Wildman–Crippen MR) is 116 cm³/mol. The highest BCUT2D eigenvalue weighted by Gasteiger charge is 2.31. The highest BCUT2D eigenvalue weighted by molar-refractivity contribution is 7.92. The first-order valence-corrected chi connectivity index (χ1v) is 11.1. The van der Waals surface area contributed by atoms with E-state index in [-0.39, 0.29) is 12.0 Å². The zero-order chi connectivity index (χ0) is 22.5. The molecule has 1 unspecified atom stereocenters. The van der Waals surface area contributed by atoms with Gasteiger partial charge in [0, 0.05) is 5.69 Å². The molecule has 0 bridgehead atoms. The van der Waals surface area contributed by atoms with Crippen LogP contribution in [0.4, 0.5) is 11.4 Å². The quantitative estimate of drug-likeness (QED) is 0.641. The lowest BCUT2D eigenvalue weighted by Gasteiger charge is -2.30. The van der Waals surface area contributed by atoms with E-state index in [0.29, 0.717) is 17.1 Å². The number of ether oxygens (including phenoxy) is 2. The van der Waals surface area contributed by atoms with Crippen LogP contribution < -0.4 is 14.4 Å². The first kappa shape index (κ1) is 23.2. The van der Waals surface area contributed by atoms with Crippen LogP contribution >= 0.6 is 0 Å². The normalized spacial score (nSPS) is 12.0. The summed E-state index contributed by atoms with van der Waals surface area (Å²) in [4.78, 5) is 24.9. The second kappa shape index (κ2) is 9.62. The molecule has 30 heavy (non-hydrogen) atoms. The van der Waals surface area contributed by atoms with Crippen LogP contribution in [0, 0.1) is 6.92 Å². The van der Waals surface area contributed by atoms with Gasteiger partial charge in [-0.15, -0.1) is 0 Å². The average Bonchev–Trinajstić information content (AvgIpc) is 2.72. The number of methoxy groups -OCH3 is 2. The summed E-state index contributed by atoms with van der Waals surface area (Å²) in [5.74, 6) is -0.475. The number of hydrogen-bond acceptors (Lipinski definition) is 6. The van der Waals surface area contributed by atoms with Gasteiger partial charge in [-0.05, 0) is 55.3 Å². The third-order valence-corrected chi connectivity index (χ3v) is 5.75. The Balaban J connectivity index is 2.40. The summed E-state index contributed by atoms with van der Waals surface area (Å²) in [6, 6.07) is 10.2. The Bertz CT molecular complexity index is 1020. The van der Waals surface area contributed by atoms with E-state index in [9.17, 15) is 18.0 Å². The average molecular weight is 435 g/mol. The highest BCUT2D eigenvalue weighted by atomic mass is 32.2. The summed E-state index contributed by atoms with van der Waals surface area (Å²) in [7, 11) is -0.984. The van der Waals surface area contributed by atoms with Gasteiger partial charge in [0.2, 0.25) is 15.9 Å². The van der Waals surface area contributed by atoms with E-state index in [4.69, 9.17) is 9.47 Å². The molecule has 2 aromatic carbocycles. The topological polar surface area (TPSA) is 102 Å². The number of nitrogens with one attached hydrogen (secondary N) is 1. The van der Waals surface area contributed by atoms with Crippen LogP contribution in [0.15, 0.2) is 42.5 Å². The maximum Gasteiger partial charge on any atom is 0.337 e. The van der Waals surface area contributed by atoms with Crippen molar-refractivity contribution >= 4 is 33.3 Å². The minimum atomic E-state index is -3.76. The number of hydrogen-bond donors (Lipinski definition) is 1. The summed E-state index contributed by atoms with van der Waals surface area (Å²) >= 11 is 0. The van der Waals surface area contributed by atoms with Crippen molar-refractivity contribution in [3.05, 3.63) is 53.6 Å². The largest absolute Gasteiger partial charge is 0.497 e. The van der Waals surface area contributed by atoms with E-state index in [1.54, 1.807) is 50.2 Å². The van der Waals surface area contributed by atoms with Gasteiger partial charge >= 0.3 is 5.97 Å². The lowest BCUT2D eigenvalue weighted by molar-refractivity contribution is -0.117. The Morgan fingerprint density at radius 2 is 1.73 bits per heavy atom. The number of anilines is 2. The minimum Gasteiger partial charge on any atom is -0.497 e. The van der Waals surface area contributed by atoms with Crippen LogP contribution in [0.2, 0.25) is 0 Å². The number of carbonyl (C=O) groups is 2. The first-order chi connectivity index (χ1) is 14.1. The second-order valence-corrected chi connectivity index (χ2v) is 8.55. The SMILES string of the molecule is CCC(C(=O)Nc1cc(C(=O)OC)ccc1C)N(c1ccc(OC)cc1)S(C)(=O)=O.